The number of thiazole rings is 1. The number of nitrogens with one attached hydrogen (secondary N) is 1. The topological polar surface area (TPSA) is 76.1 Å². The van der Waals surface area contributed by atoms with Gasteiger partial charge < -0.3 is 0 Å². The number of Topliss-reactive ketones (excluding diaryl/α,β-unsaturated/α-hetero) is 1. The molecule has 4 rings (SSSR count). The largest absolute Gasteiger partial charge is 0.299 e. The predicted octanol–water partition coefficient (Wildman–Crippen LogP) is 3.95. The number of fused-ring (bicyclic) bond motifs is 2. The number of nitrogens with zero attached hydrogens (tertiary/aromatic N) is 1. The SMILES string of the molecule is CC1(C)[C@H]2CC[C@]1(CS(=O)(=O)Nc1nc(-c3ccccc3)cs1)C(=O)C2. The number of benzene rings is 1. The van der Waals surface area contributed by atoms with E-state index >= 15 is 0 Å². The average Bonchev–Trinajstić information content (AvgIpc) is 3.18. The lowest BCUT2D eigenvalue weighted by molar-refractivity contribution is -0.128. The van der Waals surface area contributed by atoms with Gasteiger partial charge in [0.1, 0.15) is 5.78 Å². The summed E-state index contributed by atoms with van der Waals surface area (Å²) in [6, 6.07) is 9.63. The molecule has 0 saturated heterocycles. The Labute approximate surface area is 157 Å². The molecule has 2 aromatic rings. The van der Waals surface area contributed by atoms with Gasteiger partial charge in [0.05, 0.1) is 16.9 Å². The highest BCUT2D eigenvalue weighted by molar-refractivity contribution is 7.92. The third-order valence-electron chi connectivity index (χ3n) is 6.39. The van der Waals surface area contributed by atoms with Crippen LogP contribution in [0.15, 0.2) is 35.7 Å². The summed E-state index contributed by atoms with van der Waals surface area (Å²) < 4.78 is 28.2. The van der Waals surface area contributed by atoms with Crippen LogP contribution in [-0.4, -0.2) is 24.9 Å². The van der Waals surface area contributed by atoms with Crippen molar-refractivity contribution in [3.05, 3.63) is 35.7 Å². The summed E-state index contributed by atoms with van der Waals surface area (Å²) in [4.78, 5) is 17.0. The van der Waals surface area contributed by atoms with Crippen molar-refractivity contribution in [3.8, 4) is 11.3 Å². The van der Waals surface area contributed by atoms with Crippen LogP contribution < -0.4 is 4.72 Å². The highest BCUT2D eigenvalue weighted by Crippen LogP contribution is 2.64. The minimum Gasteiger partial charge on any atom is -0.299 e. The molecule has 2 bridgehead atoms. The zero-order valence-corrected chi connectivity index (χ0v) is 16.5. The zero-order valence-electron chi connectivity index (χ0n) is 14.9. The molecule has 1 heterocycles. The molecule has 0 spiro atoms. The predicted molar refractivity (Wildman–Crippen MR) is 104 cm³/mol. The van der Waals surface area contributed by atoms with Gasteiger partial charge in [0.15, 0.2) is 5.13 Å². The van der Waals surface area contributed by atoms with Gasteiger partial charge >= 0.3 is 0 Å². The van der Waals surface area contributed by atoms with E-state index in [9.17, 15) is 13.2 Å². The van der Waals surface area contributed by atoms with Crippen molar-refractivity contribution in [2.24, 2.45) is 16.7 Å². The Morgan fingerprint density at radius 2 is 2.00 bits per heavy atom. The molecule has 0 amide bonds. The van der Waals surface area contributed by atoms with Gasteiger partial charge in [-0.05, 0) is 24.2 Å². The van der Waals surface area contributed by atoms with Crippen LogP contribution in [0.4, 0.5) is 5.13 Å². The molecule has 0 radical (unpaired) electrons. The minimum atomic E-state index is -3.66. The monoisotopic (exact) mass is 390 g/mol. The molecule has 2 aliphatic rings. The molecule has 1 N–H and O–H groups in total. The third kappa shape index (κ3) is 2.68. The minimum absolute atomic E-state index is 0.105. The van der Waals surface area contributed by atoms with Crippen LogP contribution in [0.3, 0.4) is 0 Å². The number of anilines is 1. The quantitative estimate of drug-likeness (QED) is 0.839. The summed E-state index contributed by atoms with van der Waals surface area (Å²) in [5, 5.41) is 2.18. The van der Waals surface area contributed by atoms with E-state index in [0.717, 1.165) is 17.7 Å². The summed E-state index contributed by atoms with van der Waals surface area (Å²) in [5.41, 5.74) is 0.656. The van der Waals surface area contributed by atoms with E-state index in [0.29, 0.717) is 23.9 Å². The molecule has 1 aromatic heterocycles. The number of hydrogen-bond donors (Lipinski definition) is 1. The molecule has 2 fully saturated rings. The second-order valence-electron chi connectivity index (χ2n) is 7.93. The maximum atomic E-state index is 12.8. The molecule has 2 aliphatic carbocycles. The number of sulfonamides is 1. The fourth-order valence-electron chi connectivity index (χ4n) is 4.66. The van der Waals surface area contributed by atoms with E-state index in [4.69, 9.17) is 0 Å². The van der Waals surface area contributed by atoms with Gasteiger partial charge in [-0.25, -0.2) is 13.4 Å². The number of carbonyl (C=O) groups excluding carboxylic acids is 1. The molecule has 2 saturated carbocycles. The number of hydrogen-bond acceptors (Lipinski definition) is 5. The van der Waals surface area contributed by atoms with Crippen molar-refractivity contribution in [1.82, 2.24) is 4.98 Å². The lowest BCUT2D eigenvalue weighted by atomic mass is 9.70. The molecule has 7 heteroatoms. The Hall–Kier alpha value is -1.73. The van der Waals surface area contributed by atoms with Crippen molar-refractivity contribution < 1.29 is 13.2 Å². The van der Waals surface area contributed by atoms with Crippen LogP contribution in [0, 0.1) is 16.7 Å². The Bertz CT molecular complexity index is 950. The Balaban J connectivity index is 1.55. The van der Waals surface area contributed by atoms with Crippen LogP contribution >= 0.6 is 11.3 Å². The van der Waals surface area contributed by atoms with E-state index in [1.165, 1.54) is 11.3 Å². The van der Waals surface area contributed by atoms with Crippen LogP contribution in [0.25, 0.3) is 11.3 Å². The summed E-state index contributed by atoms with van der Waals surface area (Å²) in [6.45, 7) is 4.09. The van der Waals surface area contributed by atoms with E-state index in [1.807, 2.05) is 49.6 Å². The van der Waals surface area contributed by atoms with Gasteiger partial charge in [0.25, 0.3) is 0 Å². The van der Waals surface area contributed by atoms with Crippen molar-refractivity contribution >= 4 is 32.3 Å². The van der Waals surface area contributed by atoms with Crippen molar-refractivity contribution in [2.75, 3.05) is 10.5 Å². The van der Waals surface area contributed by atoms with Crippen LogP contribution in [0.1, 0.15) is 33.1 Å². The normalized spacial score (nSPS) is 27.0. The number of carbonyl (C=O) groups is 1. The molecule has 1 aromatic carbocycles. The van der Waals surface area contributed by atoms with E-state index < -0.39 is 15.4 Å². The first-order chi connectivity index (χ1) is 12.2. The van der Waals surface area contributed by atoms with Gasteiger partial charge in [-0.2, -0.15) is 0 Å². The molecule has 0 aliphatic heterocycles. The molecule has 0 unspecified atom stereocenters. The number of rotatable bonds is 5. The van der Waals surface area contributed by atoms with Crippen molar-refractivity contribution in [1.29, 1.82) is 0 Å². The van der Waals surface area contributed by atoms with E-state index in [2.05, 4.69) is 9.71 Å². The first-order valence-corrected chi connectivity index (χ1v) is 11.3. The highest BCUT2D eigenvalue weighted by atomic mass is 32.2. The van der Waals surface area contributed by atoms with Crippen LogP contribution in [0.5, 0.6) is 0 Å². The maximum absolute atomic E-state index is 12.8. The summed E-state index contributed by atoms with van der Waals surface area (Å²) in [5.74, 6) is 0.255. The molecule has 26 heavy (non-hydrogen) atoms. The second-order valence-corrected chi connectivity index (χ2v) is 10.5. The van der Waals surface area contributed by atoms with E-state index in [-0.39, 0.29) is 17.0 Å². The van der Waals surface area contributed by atoms with Crippen LogP contribution in [0.2, 0.25) is 0 Å². The van der Waals surface area contributed by atoms with Gasteiger partial charge in [0.2, 0.25) is 10.0 Å². The molecule has 2 atom stereocenters. The fraction of sp³-hybridized carbons (Fsp3) is 0.474. The Morgan fingerprint density at radius 3 is 2.62 bits per heavy atom. The van der Waals surface area contributed by atoms with Crippen LogP contribution in [-0.2, 0) is 14.8 Å². The number of aromatic nitrogens is 1. The summed E-state index contributed by atoms with van der Waals surface area (Å²) >= 11 is 1.26. The first kappa shape index (κ1) is 17.7. The molecule has 138 valence electrons. The van der Waals surface area contributed by atoms with E-state index in [1.54, 1.807) is 0 Å². The van der Waals surface area contributed by atoms with Crippen molar-refractivity contribution in [3.63, 3.8) is 0 Å². The summed E-state index contributed by atoms with van der Waals surface area (Å²) in [6.07, 6.45) is 2.11. The number of ketones is 1. The lowest BCUT2D eigenvalue weighted by Crippen LogP contribution is -2.43. The molecular formula is C19H22N2O3S2. The molecular weight excluding hydrogens is 368 g/mol. The molecule has 5 nitrogen and oxygen atoms in total. The Morgan fingerprint density at radius 1 is 1.27 bits per heavy atom. The standard InChI is InChI=1S/C19H22N2O3S2/c1-18(2)14-8-9-19(18,16(22)10-14)12-26(23,24)21-17-20-15(11-25-17)13-6-4-3-5-7-13/h3-7,11,14H,8-10,12H2,1-2H3,(H,20,21)/t14-,19-/m0/s1. The highest BCUT2D eigenvalue weighted by Gasteiger charge is 2.65. The zero-order chi connectivity index (χ0) is 18.6. The van der Waals surface area contributed by atoms with Crippen molar-refractivity contribution in [2.45, 2.75) is 33.1 Å². The Kier molecular flexibility index (Phi) is 4.00. The maximum Gasteiger partial charge on any atom is 0.235 e. The van der Waals surface area contributed by atoms with Gasteiger partial charge in [-0.15, -0.1) is 11.3 Å². The summed E-state index contributed by atoms with van der Waals surface area (Å²) in [7, 11) is -3.66. The lowest BCUT2D eigenvalue weighted by Gasteiger charge is -2.36. The van der Waals surface area contributed by atoms with Gasteiger partial charge in [-0.3, -0.25) is 9.52 Å². The smallest absolute Gasteiger partial charge is 0.235 e. The average molecular weight is 391 g/mol. The fourth-order valence-corrected chi connectivity index (χ4v) is 7.51. The third-order valence-corrected chi connectivity index (χ3v) is 8.66. The first-order valence-electron chi connectivity index (χ1n) is 8.78. The second kappa shape index (κ2) is 5.89. The van der Waals surface area contributed by atoms with Gasteiger partial charge in [-0.1, -0.05) is 44.2 Å². The van der Waals surface area contributed by atoms with Gasteiger partial charge in [0, 0.05) is 17.4 Å².